The van der Waals surface area contributed by atoms with Gasteiger partial charge >= 0.3 is 0 Å². The van der Waals surface area contributed by atoms with Crippen LogP contribution >= 0.6 is 0 Å². The maximum Gasteiger partial charge on any atom is 0.248 e. The number of pyridine rings is 1. The number of nitrogens with one attached hydrogen (secondary N) is 1. The number of hydrogen-bond donors (Lipinski definition) is 1. The molecule has 5 nitrogen and oxygen atoms in total. The van der Waals surface area contributed by atoms with Gasteiger partial charge in [0.1, 0.15) is 5.54 Å². The number of aryl methyl sites for hydroxylation is 1. The lowest BCUT2D eigenvalue weighted by Gasteiger charge is -2.39. The van der Waals surface area contributed by atoms with Crippen LogP contribution in [0.1, 0.15) is 31.4 Å². The predicted octanol–water partition coefficient (Wildman–Crippen LogP) is 1.02. The fourth-order valence-electron chi connectivity index (χ4n) is 2.29. The van der Waals surface area contributed by atoms with Gasteiger partial charge in [0.2, 0.25) is 11.8 Å². The van der Waals surface area contributed by atoms with E-state index in [4.69, 9.17) is 0 Å². The monoisotopic (exact) mass is 261 g/mol. The Morgan fingerprint density at radius 2 is 2.16 bits per heavy atom. The van der Waals surface area contributed by atoms with Crippen LogP contribution in [0.5, 0.6) is 0 Å². The number of nitrogens with zero attached hydrogens (tertiary/aromatic N) is 2. The summed E-state index contributed by atoms with van der Waals surface area (Å²) in [6.45, 7) is 6.17. The largest absolute Gasteiger partial charge is 0.340 e. The Hall–Kier alpha value is -1.91. The van der Waals surface area contributed by atoms with Gasteiger partial charge in [-0.2, -0.15) is 0 Å². The first kappa shape index (κ1) is 13.5. The van der Waals surface area contributed by atoms with E-state index in [0.29, 0.717) is 13.0 Å². The van der Waals surface area contributed by atoms with Crippen molar-refractivity contribution in [2.24, 2.45) is 0 Å². The van der Waals surface area contributed by atoms with Crippen molar-refractivity contribution in [3.8, 4) is 0 Å². The second-order valence-corrected chi connectivity index (χ2v) is 5.27. The van der Waals surface area contributed by atoms with Crippen LogP contribution in [0, 0.1) is 6.92 Å². The summed E-state index contributed by atoms with van der Waals surface area (Å²) in [5.74, 6) is -0.138. The molecule has 1 aromatic rings. The van der Waals surface area contributed by atoms with E-state index >= 15 is 0 Å². The van der Waals surface area contributed by atoms with E-state index in [1.165, 1.54) is 0 Å². The van der Waals surface area contributed by atoms with Crippen molar-refractivity contribution >= 4 is 11.8 Å². The fraction of sp³-hybridized carbons (Fsp3) is 0.500. The summed E-state index contributed by atoms with van der Waals surface area (Å²) >= 11 is 0. The van der Waals surface area contributed by atoms with Gasteiger partial charge in [0.15, 0.2) is 0 Å². The summed E-state index contributed by atoms with van der Waals surface area (Å²) in [4.78, 5) is 29.8. The number of piperazine rings is 1. The molecule has 1 saturated heterocycles. The minimum absolute atomic E-state index is 0.0314. The summed E-state index contributed by atoms with van der Waals surface area (Å²) in [6.07, 6.45) is 4.08. The molecule has 1 aliphatic heterocycles. The molecule has 1 atom stereocenters. The number of carbonyl (C=O) groups excluding carboxylic acids is 2. The molecular formula is C14H19N3O2. The molecule has 1 fully saturated rings. The highest BCUT2D eigenvalue weighted by Gasteiger charge is 2.41. The Balaban J connectivity index is 2.19. The number of carbonyl (C=O) groups is 2. The van der Waals surface area contributed by atoms with Crippen LogP contribution in [-0.2, 0) is 16.1 Å². The summed E-state index contributed by atoms with van der Waals surface area (Å²) in [5, 5.41) is 2.77. The summed E-state index contributed by atoms with van der Waals surface area (Å²) in [5.41, 5.74) is 1.21. The molecule has 0 radical (unpaired) electrons. The lowest BCUT2D eigenvalue weighted by atomic mass is 9.94. The molecule has 0 aliphatic carbocycles. The Labute approximate surface area is 113 Å². The molecule has 0 spiro atoms. The van der Waals surface area contributed by atoms with E-state index in [-0.39, 0.29) is 18.4 Å². The van der Waals surface area contributed by atoms with E-state index < -0.39 is 5.54 Å². The first-order valence-electron chi connectivity index (χ1n) is 6.45. The van der Waals surface area contributed by atoms with Gasteiger partial charge in [-0.1, -0.05) is 13.0 Å². The normalized spacial score (nSPS) is 23.4. The maximum atomic E-state index is 12.4. The van der Waals surface area contributed by atoms with Crippen LogP contribution in [0.15, 0.2) is 18.5 Å². The average Bonchev–Trinajstić information content (AvgIpc) is 2.35. The van der Waals surface area contributed by atoms with Gasteiger partial charge in [-0.3, -0.25) is 14.6 Å². The molecule has 1 N–H and O–H groups in total. The van der Waals surface area contributed by atoms with Crippen molar-refractivity contribution in [1.82, 2.24) is 15.2 Å². The Morgan fingerprint density at radius 3 is 2.79 bits per heavy atom. The zero-order valence-corrected chi connectivity index (χ0v) is 11.6. The van der Waals surface area contributed by atoms with Crippen molar-refractivity contribution in [2.45, 2.75) is 39.3 Å². The Kier molecular flexibility index (Phi) is 3.55. The molecule has 1 aliphatic rings. The zero-order valence-electron chi connectivity index (χ0n) is 11.6. The van der Waals surface area contributed by atoms with E-state index in [1.54, 1.807) is 24.2 Å². The topological polar surface area (TPSA) is 62.3 Å². The van der Waals surface area contributed by atoms with Crippen LogP contribution in [0.2, 0.25) is 0 Å². The van der Waals surface area contributed by atoms with Gasteiger partial charge in [-0.05, 0) is 31.4 Å². The molecule has 0 aromatic carbocycles. The number of rotatable bonds is 3. The molecule has 0 saturated carbocycles. The zero-order chi connectivity index (χ0) is 14.0. The number of aromatic nitrogens is 1. The summed E-state index contributed by atoms with van der Waals surface area (Å²) in [6, 6.07) is 1.98. The van der Waals surface area contributed by atoms with Gasteiger partial charge in [0.25, 0.3) is 0 Å². The van der Waals surface area contributed by atoms with Crippen LogP contribution in [0.25, 0.3) is 0 Å². The van der Waals surface area contributed by atoms with Gasteiger partial charge in [0.05, 0.1) is 6.54 Å². The Bertz CT molecular complexity index is 515. The van der Waals surface area contributed by atoms with Crippen LogP contribution in [0.3, 0.4) is 0 Å². The maximum absolute atomic E-state index is 12.4. The first-order valence-corrected chi connectivity index (χ1v) is 6.45. The number of hydrogen-bond acceptors (Lipinski definition) is 3. The molecule has 0 bridgehead atoms. The standard InChI is InChI=1S/C14H19N3O2/c1-4-14(3)13(19)17(9-12(18)16-14)8-11-5-10(2)6-15-7-11/h5-7H,4,8-9H2,1-3H3,(H,16,18). The number of amides is 2. The Morgan fingerprint density at radius 1 is 1.42 bits per heavy atom. The third-order valence-electron chi connectivity index (χ3n) is 3.52. The van der Waals surface area contributed by atoms with Crippen molar-refractivity contribution in [3.63, 3.8) is 0 Å². The third kappa shape index (κ3) is 2.75. The SMILES string of the molecule is CCC1(C)NC(=O)CN(Cc2cncc(C)c2)C1=O. The van der Waals surface area contributed by atoms with Crippen LogP contribution < -0.4 is 5.32 Å². The molecule has 1 unspecified atom stereocenters. The molecule has 5 heteroatoms. The van der Waals surface area contributed by atoms with E-state index in [2.05, 4.69) is 10.3 Å². The van der Waals surface area contributed by atoms with Crippen molar-refractivity contribution < 1.29 is 9.59 Å². The van der Waals surface area contributed by atoms with Crippen LogP contribution in [-0.4, -0.2) is 33.8 Å². The molecule has 2 heterocycles. The third-order valence-corrected chi connectivity index (χ3v) is 3.52. The summed E-state index contributed by atoms with van der Waals surface area (Å²) in [7, 11) is 0. The highest BCUT2D eigenvalue weighted by molar-refractivity contribution is 5.97. The van der Waals surface area contributed by atoms with E-state index in [0.717, 1.165) is 11.1 Å². The van der Waals surface area contributed by atoms with Gasteiger partial charge in [0, 0.05) is 18.9 Å². The molecule has 19 heavy (non-hydrogen) atoms. The van der Waals surface area contributed by atoms with Crippen molar-refractivity contribution in [1.29, 1.82) is 0 Å². The van der Waals surface area contributed by atoms with Gasteiger partial charge in [-0.25, -0.2) is 0 Å². The first-order chi connectivity index (χ1) is 8.94. The molecule has 2 amide bonds. The minimum atomic E-state index is -0.785. The second-order valence-electron chi connectivity index (χ2n) is 5.27. The molecule has 102 valence electrons. The predicted molar refractivity (Wildman–Crippen MR) is 71.2 cm³/mol. The minimum Gasteiger partial charge on any atom is -0.340 e. The van der Waals surface area contributed by atoms with Gasteiger partial charge in [-0.15, -0.1) is 0 Å². The highest BCUT2D eigenvalue weighted by Crippen LogP contribution is 2.19. The molecule has 1 aromatic heterocycles. The lowest BCUT2D eigenvalue weighted by Crippen LogP contribution is -2.64. The lowest BCUT2D eigenvalue weighted by molar-refractivity contribution is -0.149. The molecule has 2 rings (SSSR count). The smallest absolute Gasteiger partial charge is 0.248 e. The average molecular weight is 261 g/mol. The van der Waals surface area contributed by atoms with Crippen LogP contribution in [0.4, 0.5) is 0 Å². The van der Waals surface area contributed by atoms with Crippen molar-refractivity contribution in [2.75, 3.05) is 6.54 Å². The second kappa shape index (κ2) is 4.99. The highest BCUT2D eigenvalue weighted by atomic mass is 16.2. The van der Waals surface area contributed by atoms with E-state index in [9.17, 15) is 9.59 Å². The van der Waals surface area contributed by atoms with Crippen molar-refractivity contribution in [3.05, 3.63) is 29.6 Å². The summed E-state index contributed by atoms with van der Waals surface area (Å²) < 4.78 is 0. The quantitative estimate of drug-likeness (QED) is 0.883. The fourth-order valence-corrected chi connectivity index (χ4v) is 2.29. The molecular weight excluding hydrogens is 242 g/mol. The van der Waals surface area contributed by atoms with Gasteiger partial charge < -0.3 is 10.2 Å². The van der Waals surface area contributed by atoms with E-state index in [1.807, 2.05) is 19.9 Å².